The van der Waals surface area contributed by atoms with Crippen molar-refractivity contribution in [2.75, 3.05) is 0 Å². The summed E-state index contributed by atoms with van der Waals surface area (Å²) in [6.07, 6.45) is 1.72. The van der Waals surface area contributed by atoms with Crippen LogP contribution in [0.4, 0.5) is 11.4 Å². The largest absolute Gasteiger partial charge is 0.269 e. The van der Waals surface area contributed by atoms with E-state index < -0.39 is 9.85 Å². The van der Waals surface area contributed by atoms with Crippen molar-refractivity contribution in [3.8, 4) is 21.8 Å². The molecule has 31 heavy (non-hydrogen) atoms. The zero-order valence-electron chi connectivity index (χ0n) is 15.9. The van der Waals surface area contributed by atoms with Gasteiger partial charge in [0.25, 0.3) is 11.4 Å². The number of nitro groups is 2. The number of thiazole rings is 1. The van der Waals surface area contributed by atoms with E-state index in [1.165, 1.54) is 47.4 Å². The summed E-state index contributed by atoms with van der Waals surface area (Å²) in [4.78, 5) is 29.8. The predicted octanol–water partition coefficient (Wildman–Crippen LogP) is 5.98. The van der Waals surface area contributed by atoms with Crippen molar-refractivity contribution in [3.63, 3.8) is 0 Å². The van der Waals surface area contributed by atoms with E-state index in [4.69, 9.17) is 0 Å². The fourth-order valence-electron chi connectivity index (χ4n) is 2.79. The lowest BCUT2D eigenvalue weighted by Gasteiger charge is -2.03. The maximum atomic E-state index is 10.8. The zero-order chi connectivity index (χ0) is 21.8. The summed E-state index contributed by atoms with van der Waals surface area (Å²) >= 11 is 3.03. The summed E-state index contributed by atoms with van der Waals surface area (Å²) in [5.74, 6) is 0.639. The van der Waals surface area contributed by atoms with E-state index in [9.17, 15) is 20.2 Å². The van der Waals surface area contributed by atoms with E-state index in [1.807, 2.05) is 17.5 Å². The lowest BCUT2D eigenvalue weighted by atomic mass is 10.1. The van der Waals surface area contributed by atoms with Crippen molar-refractivity contribution in [2.24, 2.45) is 0 Å². The van der Waals surface area contributed by atoms with Crippen LogP contribution < -0.4 is 0 Å². The summed E-state index contributed by atoms with van der Waals surface area (Å²) < 4.78 is 0. The molecule has 2 aromatic heterocycles. The fraction of sp³-hybridized carbons (Fsp3) is 0.0476. The van der Waals surface area contributed by atoms with Gasteiger partial charge >= 0.3 is 0 Å². The summed E-state index contributed by atoms with van der Waals surface area (Å²) in [7, 11) is 0. The van der Waals surface area contributed by atoms with Gasteiger partial charge in [0, 0.05) is 52.7 Å². The van der Waals surface area contributed by atoms with Crippen molar-refractivity contribution in [1.29, 1.82) is 0 Å². The Labute approximate surface area is 184 Å². The Morgan fingerprint density at radius 2 is 1.52 bits per heavy atom. The van der Waals surface area contributed by atoms with Crippen molar-refractivity contribution >= 4 is 34.5 Å². The summed E-state index contributed by atoms with van der Waals surface area (Å²) in [5.41, 5.74) is 3.59. The van der Waals surface area contributed by atoms with Crippen LogP contribution in [0.3, 0.4) is 0 Å². The second kappa shape index (κ2) is 9.02. The molecular formula is C21H14N4O4S2. The standard InChI is InChI=1S/C21H14N4O4S2/c26-24(27)17-5-1-14(2-6-17)12-30-20-11-16(9-10-22-20)21-23-19(13-31-21)15-3-7-18(8-4-15)25(28)29/h1-11,13H,12H2. The van der Waals surface area contributed by atoms with E-state index in [1.54, 1.807) is 30.5 Å². The molecule has 0 aliphatic carbocycles. The molecule has 0 aliphatic heterocycles. The number of rotatable bonds is 7. The molecule has 0 saturated heterocycles. The molecule has 0 fully saturated rings. The lowest BCUT2D eigenvalue weighted by molar-refractivity contribution is -0.385. The number of thioether (sulfide) groups is 1. The predicted molar refractivity (Wildman–Crippen MR) is 120 cm³/mol. The minimum Gasteiger partial charge on any atom is -0.258 e. The van der Waals surface area contributed by atoms with Gasteiger partial charge in [0.05, 0.1) is 20.6 Å². The maximum Gasteiger partial charge on any atom is 0.269 e. The molecule has 10 heteroatoms. The van der Waals surface area contributed by atoms with Gasteiger partial charge in [0.15, 0.2) is 0 Å². The van der Waals surface area contributed by atoms with Crippen LogP contribution in [-0.2, 0) is 5.75 Å². The highest BCUT2D eigenvalue weighted by Crippen LogP contribution is 2.32. The van der Waals surface area contributed by atoms with E-state index in [0.29, 0.717) is 5.75 Å². The van der Waals surface area contributed by atoms with E-state index >= 15 is 0 Å². The first-order chi connectivity index (χ1) is 15.0. The molecule has 0 atom stereocenters. The van der Waals surface area contributed by atoms with Crippen LogP contribution >= 0.6 is 23.1 Å². The third-order valence-corrected chi connectivity index (χ3v) is 6.28. The third kappa shape index (κ3) is 4.93. The molecule has 8 nitrogen and oxygen atoms in total. The molecule has 0 saturated carbocycles. The van der Waals surface area contributed by atoms with Gasteiger partial charge in [-0.15, -0.1) is 23.1 Å². The summed E-state index contributed by atoms with van der Waals surface area (Å²) in [6, 6.07) is 16.6. The van der Waals surface area contributed by atoms with Crippen LogP contribution in [0.1, 0.15) is 5.56 Å². The second-order valence-electron chi connectivity index (χ2n) is 6.44. The normalized spacial score (nSPS) is 10.7. The molecule has 154 valence electrons. The van der Waals surface area contributed by atoms with Crippen LogP contribution in [0.15, 0.2) is 77.3 Å². The number of hydrogen-bond donors (Lipinski definition) is 0. The molecule has 0 unspecified atom stereocenters. The Bertz CT molecular complexity index is 1240. The highest BCUT2D eigenvalue weighted by Gasteiger charge is 2.11. The van der Waals surface area contributed by atoms with Gasteiger partial charge in [-0.2, -0.15) is 0 Å². The van der Waals surface area contributed by atoms with Crippen LogP contribution in [0.2, 0.25) is 0 Å². The first-order valence-corrected chi connectivity index (χ1v) is 10.9. The van der Waals surface area contributed by atoms with E-state index in [2.05, 4.69) is 9.97 Å². The van der Waals surface area contributed by atoms with Gasteiger partial charge in [-0.05, 0) is 29.8 Å². The summed E-state index contributed by atoms with van der Waals surface area (Å²) in [5, 5.41) is 25.1. The Kier molecular flexibility index (Phi) is 6.01. The molecule has 0 N–H and O–H groups in total. The Morgan fingerprint density at radius 1 is 0.871 bits per heavy atom. The fourth-order valence-corrected chi connectivity index (χ4v) is 4.46. The number of hydrogen-bond acceptors (Lipinski definition) is 8. The Hall–Kier alpha value is -3.63. The molecule has 0 aliphatic rings. The number of nitrogens with zero attached hydrogens (tertiary/aromatic N) is 4. The molecule has 2 heterocycles. The lowest BCUT2D eigenvalue weighted by Crippen LogP contribution is -1.89. The van der Waals surface area contributed by atoms with Gasteiger partial charge in [0.1, 0.15) is 5.01 Å². The second-order valence-corrected chi connectivity index (χ2v) is 8.29. The molecule has 0 radical (unpaired) electrons. The summed E-state index contributed by atoms with van der Waals surface area (Å²) in [6.45, 7) is 0. The monoisotopic (exact) mass is 450 g/mol. The number of aromatic nitrogens is 2. The van der Waals surface area contributed by atoms with E-state index in [-0.39, 0.29) is 11.4 Å². The van der Waals surface area contributed by atoms with Gasteiger partial charge in [-0.3, -0.25) is 20.2 Å². The molecule has 0 bridgehead atoms. The van der Waals surface area contributed by atoms with Crippen molar-refractivity contribution in [2.45, 2.75) is 10.8 Å². The molecule has 2 aromatic carbocycles. The number of nitro benzene ring substituents is 2. The molecule has 0 amide bonds. The van der Waals surface area contributed by atoms with Gasteiger partial charge in [-0.25, -0.2) is 9.97 Å². The number of benzene rings is 2. The van der Waals surface area contributed by atoms with Gasteiger partial charge < -0.3 is 0 Å². The van der Waals surface area contributed by atoms with Crippen LogP contribution in [0.25, 0.3) is 21.8 Å². The minimum absolute atomic E-state index is 0.0445. The first-order valence-electron chi connectivity index (χ1n) is 9.02. The van der Waals surface area contributed by atoms with Gasteiger partial charge in [-0.1, -0.05) is 12.1 Å². The molecule has 4 rings (SSSR count). The Balaban J connectivity index is 1.47. The van der Waals surface area contributed by atoms with Crippen LogP contribution in [0, 0.1) is 20.2 Å². The van der Waals surface area contributed by atoms with Crippen molar-refractivity contribution < 1.29 is 9.85 Å². The highest BCUT2D eigenvalue weighted by molar-refractivity contribution is 7.98. The highest BCUT2D eigenvalue weighted by atomic mass is 32.2. The molecular weight excluding hydrogens is 436 g/mol. The quantitative estimate of drug-likeness (QED) is 0.193. The maximum absolute atomic E-state index is 10.8. The van der Waals surface area contributed by atoms with Crippen molar-refractivity contribution in [3.05, 3.63) is 98.0 Å². The third-order valence-electron chi connectivity index (χ3n) is 4.39. The molecule has 4 aromatic rings. The average molecular weight is 451 g/mol. The molecule has 0 spiro atoms. The minimum atomic E-state index is -0.427. The number of pyridine rings is 1. The average Bonchev–Trinajstić information content (AvgIpc) is 3.29. The van der Waals surface area contributed by atoms with E-state index in [0.717, 1.165) is 32.4 Å². The smallest absolute Gasteiger partial charge is 0.258 e. The number of non-ortho nitro benzene ring substituents is 2. The first kappa shape index (κ1) is 20.6. The van der Waals surface area contributed by atoms with Crippen molar-refractivity contribution in [1.82, 2.24) is 9.97 Å². The Morgan fingerprint density at radius 3 is 2.16 bits per heavy atom. The SMILES string of the molecule is O=[N+]([O-])c1ccc(CSc2cc(-c3nc(-c4ccc([N+](=O)[O-])cc4)cs3)ccn2)cc1. The topological polar surface area (TPSA) is 112 Å². The van der Waals surface area contributed by atoms with Crippen LogP contribution in [-0.4, -0.2) is 19.8 Å². The van der Waals surface area contributed by atoms with Gasteiger partial charge in [0.2, 0.25) is 0 Å². The zero-order valence-corrected chi connectivity index (χ0v) is 17.5. The van der Waals surface area contributed by atoms with Crippen LogP contribution in [0.5, 0.6) is 0 Å².